The lowest BCUT2D eigenvalue weighted by Crippen LogP contribution is -1.94. The van der Waals surface area contributed by atoms with Gasteiger partial charge >= 0.3 is 0 Å². The summed E-state index contributed by atoms with van der Waals surface area (Å²) in [5, 5.41) is 23.1. The normalized spacial score (nSPS) is 11.3. The first-order valence-corrected chi connectivity index (χ1v) is 6.18. The number of benzene rings is 1. The van der Waals surface area contributed by atoms with Crippen LogP contribution in [-0.2, 0) is 0 Å². The minimum Gasteiger partial charge on any atom is -0.258 e. The van der Waals surface area contributed by atoms with Gasteiger partial charge in [-0.1, -0.05) is 17.3 Å². The summed E-state index contributed by atoms with van der Waals surface area (Å²) in [5.74, 6) is 0.327. The molecular weight excluding hydrogens is 280 g/mol. The fraction of sp³-hybridized carbons (Fsp3) is 0.200. The summed E-state index contributed by atoms with van der Waals surface area (Å²) in [6.45, 7) is 1.79. The Labute approximate surface area is 112 Å². The maximum atomic E-state index is 10.8. The smallest absolute Gasteiger partial charge is 0.258 e. The van der Waals surface area contributed by atoms with Crippen LogP contribution in [0.15, 0.2) is 34.1 Å². The highest BCUT2D eigenvalue weighted by Gasteiger charge is 2.19. The Bertz CT molecular complexity index is 519. The van der Waals surface area contributed by atoms with Crippen molar-refractivity contribution in [3.8, 4) is 0 Å². The van der Waals surface area contributed by atoms with Gasteiger partial charge in [0.25, 0.3) is 11.4 Å². The minimum atomic E-state index is -0.665. The number of non-ortho nitro benzene ring substituents is 1. The molecule has 96 valence electrons. The highest BCUT2D eigenvalue weighted by atomic mass is 35.5. The summed E-state index contributed by atoms with van der Waals surface area (Å²) < 4.78 is 0. The van der Waals surface area contributed by atoms with Crippen LogP contribution in [0.3, 0.4) is 0 Å². The molecule has 0 aromatic heterocycles. The molecule has 0 unspecified atom stereocenters. The zero-order chi connectivity index (χ0) is 13.7. The van der Waals surface area contributed by atoms with E-state index in [1.807, 2.05) is 0 Å². The number of alkyl halides is 1. The summed E-state index contributed by atoms with van der Waals surface area (Å²) in [4.78, 5) is 20.4. The van der Waals surface area contributed by atoms with Crippen LogP contribution in [-0.4, -0.2) is 15.7 Å². The Hall–Kier alpha value is -1.60. The number of nitro groups is 2. The third-order valence-corrected chi connectivity index (χ3v) is 3.49. The predicted molar refractivity (Wildman–Crippen MR) is 70.1 cm³/mol. The number of thioether (sulfide) groups is 1. The Kier molecular flexibility index (Phi) is 5.11. The van der Waals surface area contributed by atoms with E-state index in [2.05, 4.69) is 0 Å². The molecule has 0 radical (unpaired) electrons. The highest BCUT2D eigenvalue weighted by Crippen LogP contribution is 2.33. The molecule has 0 amide bonds. The number of hydrogen-bond acceptors (Lipinski definition) is 5. The van der Waals surface area contributed by atoms with E-state index in [0.717, 1.165) is 23.4 Å². The minimum absolute atomic E-state index is 0.284. The highest BCUT2D eigenvalue weighted by molar-refractivity contribution is 8.02. The van der Waals surface area contributed by atoms with E-state index in [-0.39, 0.29) is 11.4 Å². The second-order valence-corrected chi connectivity index (χ2v) is 4.56. The van der Waals surface area contributed by atoms with E-state index in [1.54, 1.807) is 12.3 Å². The van der Waals surface area contributed by atoms with Crippen LogP contribution < -0.4 is 0 Å². The fourth-order valence-corrected chi connectivity index (χ4v) is 2.04. The van der Waals surface area contributed by atoms with Crippen LogP contribution in [0.2, 0.25) is 0 Å². The van der Waals surface area contributed by atoms with Crippen molar-refractivity contribution in [2.24, 2.45) is 0 Å². The van der Waals surface area contributed by atoms with Gasteiger partial charge in [-0.3, -0.25) is 20.2 Å². The van der Waals surface area contributed by atoms with Crippen molar-refractivity contribution in [1.29, 1.82) is 0 Å². The second-order valence-electron chi connectivity index (χ2n) is 3.38. The fourth-order valence-electron chi connectivity index (χ4n) is 1.06. The van der Waals surface area contributed by atoms with Gasteiger partial charge < -0.3 is 0 Å². The van der Waals surface area contributed by atoms with Crippen molar-refractivity contribution in [2.75, 3.05) is 5.88 Å². The van der Waals surface area contributed by atoms with Crippen molar-refractivity contribution in [1.82, 2.24) is 0 Å². The predicted octanol–water partition coefficient (Wildman–Crippen LogP) is 3.74. The van der Waals surface area contributed by atoms with Crippen LogP contribution in [0.25, 0.3) is 0 Å². The van der Waals surface area contributed by atoms with Crippen molar-refractivity contribution >= 4 is 34.7 Å². The lowest BCUT2D eigenvalue weighted by molar-refractivity contribution is -0.396. The third-order valence-electron chi connectivity index (χ3n) is 1.95. The molecule has 8 heteroatoms. The molecule has 6 nitrogen and oxygen atoms in total. The number of hydrogen-bond donors (Lipinski definition) is 0. The molecule has 1 aromatic carbocycles. The van der Waals surface area contributed by atoms with E-state index in [1.165, 1.54) is 12.1 Å². The van der Waals surface area contributed by atoms with Crippen LogP contribution in [0.5, 0.6) is 0 Å². The maximum Gasteiger partial charge on any atom is 0.290 e. The van der Waals surface area contributed by atoms with Crippen LogP contribution in [0.1, 0.15) is 6.92 Å². The first-order chi connectivity index (χ1) is 8.45. The van der Waals surface area contributed by atoms with Gasteiger partial charge in [0.2, 0.25) is 0 Å². The van der Waals surface area contributed by atoms with Gasteiger partial charge in [-0.2, -0.15) is 0 Å². The number of halogens is 1. The van der Waals surface area contributed by atoms with E-state index < -0.39 is 9.85 Å². The van der Waals surface area contributed by atoms with E-state index in [0.29, 0.717) is 10.8 Å². The van der Waals surface area contributed by atoms with Gasteiger partial charge in [0, 0.05) is 11.9 Å². The van der Waals surface area contributed by atoms with Crippen molar-refractivity contribution in [3.63, 3.8) is 0 Å². The monoisotopic (exact) mass is 288 g/mol. The van der Waals surface area contributed by atoms with Crippen LogP contribution >= 0.6 is 23.4 Å². The average Bonchev–Trinajstić information content (AvgIpc) is 2.35. The maximum absolute atomic E-state index is 10.8. The molecule has 0 aliphatic rings. The van der Waals surface area contributed by atoms with Gasteiger partial charge in [-0.25, -0.2) is 0 Å². The van der Waals surface area contributed by atoms with Gasteiger partial charge in [-0.15, -0.1) is 11.6 Å². The lowest BCUT2D eigenvalue weighted by Gasteiger charge is -2.00. The van der Waals surface area contributed by atoms with Crippen LogP contribution in [0.4, 0.5) is 11.4 Å². The Morgan fingerprint density at radius 1 is 1.39 bits per heavy atom. The topological polar surface area (TPSA) is 86.3 Å². The van der Waals surface area contributed by atoms with Crippen molar-refractivity contribution in [3.05, 3.63) is 49.4 Å². The zero-order valence-electron chi connectivity index (χ0n) is 9.33. The molecule has 1 rings (SSSR count). The number of allylic oxidation sites excluding steroid dienone is 1. The third kappa shape index (κ3) is 3.71. The molecule has 0 spiro atoms. The zero-order valence-corrected chi connectivity index (χ0v) is 10.9. The Balaban J connectivity index is 3.12. The molecule has 0 bridgehead atoms. The summed E-state index contributed by atoms with van der Waals surface area (Å²) in [6.07, 6.45) is 0. The molecular formula is C10H9ClN2O4S. The molecule has 1 aromatic rings. The molecule has 0 aliphatic carbocycles. The van der Waals surface area contributed by atoms with Crippen molar-refractivity contribution < 1.29 is 9.85 Å². The molecule has 0 fully saturated rings. The average molecular weight is 289 g/mol. The van der Waals surface area contributed by atoms with Gasteiger partial charge in [0.1, 0.15) is 0 Å². The largest absolute Gasteiger partial charge is 0.290 e. The Morgan fingerprint density at radius 2 is 2.06 bits per heavy atom. The SMILES string of the molecule is C/C(=C\Sc1ccc([N+](=O)[O-])cc1[N+](=O)[O-])CCl. The molecule has 0 saturated heterocycles. The van der Waals surface area contributed by atoms with Gasteiger partial charge in [0.15, 0.2) is 0 Å². The standard InChI is InChI=1S/C10H9ClN2O4S/c1-7(5-11)6-18-10-3-2-8(12(14)15)4-9(10)13(16)17/h2-4,6H,5H2,1H3/b7-6+. The molecule has 0 atom stereocenters. The summed E-state index contributed by atoms with van der Waals surface area (Å²) in [5.41, 5.74) is 0.270. The Morgan fingerprint density at radius 3 is 2.56 bits per heavy atom. The first kappa shape index (κ1) is 14.5. The molecule has 0 heterocycles. The van der Waals surface area contributed by atoms with Gasteiger partial charge in [0.05, 0.1) is 20.8 Å². The molecule has 18 heavy (non-hydrogen) atoms. The quantitative estimate of drug-likeness (QED) is 0.356. The van der Waals surface area contributed by atoms with Gasteiger partial charge in [-0.05, 0) is 18.4 Å². The number of nitro benzene ring substituents is 2. The van der Waals surface area contributed by atoms with E-state index in [4.69, 9.17) is 11.6 Å². The molecule has 0 aliphatic heterocycles. The summed E-state index contributed by atoms with van der Waals surface area (Å²) in [6, 6.07) is 3.55. The number of rotatable bonds is 5. The van der Waals surface area contributed by atoms with Crippen LogP contribution in [0, 0.1) is 20.2 Å². The molecule has 0 N–H and O–H groups in total. The lowest BCUT2D eigenvalue weighted by atomic mass is 10.3. The first-order valence-electron chi connectivity index (χ1n) is 4.76. The number of nitrogens with zero attached hydrogens (tertiary/aromatic N) is 2. The van der Waals surface area contributed by atoms with E-state index >= 15 is 0 Å². The second kappa shape index (κ2) is 6.36. The molecule has 0 saturated carbocycles. The van der Waals surface area contributed by atoms with Crippen molar-refractivity contribution in [2.45, 2.75) is 11.8 Å². The summed E-state index contributed by atoms with van der Waals surface area (Å²) in [7, 11) is 0. The van der Waals surface area contributed by atoms with E-state index in [9.17, 15) is 20.2 Å². The summed E-state index contributed by atoms with van der Waals surface area (Å²) >= 11 is 6.70.